The Morgan fingerprint density at radius 1 is 0.625 bits per heavy atom. The Balaban J connectivity index is 0.000000278. The van der Waals surface area contributed by atoms with Gasteiger partial charge in [-0.25, -0.2) is 13.2 Å². The van der Waals surface area contributed by atoms with E-state index in [1.54, 1.807) is 0 Å². The molecule has 1 N–H and O–H groups in total. The Hall–Kier alpha value is -4.75. The number of rotatable bonds is 5. The summed E-state index contributed by atoms with van der Waals surface area (Å²) in [6.07, 6.45) is 0. The molecule has 0 radical (unpaired) electrons. The fourth-order valence-electron chi connectivity index (χ4n) is 2.21. The lowest BCUT2D eigenvalue weighted by Crippen LogP contribution is -1.97. The smallest absolute Gasteiger partial charge is 0.311 e. The molecule has 0 saturated carbocycles. The average molecular weight is 453 g/mol. The minimum Gasteiger partial charge on any atom is -0.502 e. The van der Waals surface area contributed by atoms with Gasteiger partial charge >= 0.3 is 17.1 Å². The molecule has 0 fully saturated rings. The molecule has 14 heteroatoms. The summed E-state index contributed by atoms with van der Waals surface area (Å²) in [5, 5.41) is 40.4. The predicted octanol–water partition coefficient (Wildman–Crippen LogP) is 5.01. The van der Waals surface area contributed by atoms with Gasteiger partial charge in [0, 0.05) is 36.4 Å². The van der Waals surface area contributed by atoms with Crippen LogP contribution in [0.3, 0.4) is 0 Å². The molecule has 11 nitrogen and oxygen atoms in total. The van der Waals surface area contributed by atoms with Crippen LogP contribution in [-0.4, -0.2) is 19.9 Å². The van der Waals surface area contributed by atoms with Gasteiger partial charge in [-0.15, -0.1) is 0 Å². The Labute approximate surface area is 175 Å². The van der Waals surface area contributed by atoms with E-state index in [0.717, 1.165) is 36.4 Å². The lowest BCUT2D eigenvalue weighted by Gasteiger charge is -2.07. The maximum atomic E-state index is 13.1. The summed E-state index contributed by atoms with van der Waals surface area (Å²) in [6, 6.07) is 7.25. The monoisotopic (exact) mass is 453 g/mol. The van der Waals surface area contributed by atoms with Crippen LogP contribution in [0.2, 0.25) is 0 Å². The van der Waals surface area contributed by atoms with E-state index in [-0.39, 0.29) is 0 Å². The molecular formula is C18H10F3N3O8. The number of phenolic OH excluding ortho intramolecular Hbond substituents is 1. The molecule has 0 aliphatic carbocycles. The summed E-state index contributed by atoms with van der Waals surface area (Å²) in [7, 11) is 0. The molecule has 3 aromatic rings. The molecule has 0 spiro atoms. The zero-order valence-corrected chi connectivity index (χ0v) is 15.5. The summed E-state index contributed by atoms with van der Waals surface area (Å²) < 4.78 is 43.5. The van der Waals surface area contributed by atoms with Crippen molar-refractivity contribution < 1.29 is 37.8 Å². The van der Waals surface area contributed by atoms with Gasteiger partial charge < -0.3 is 9.84 Å². The van der Waals surface area contributed by atoms with E-state index in [2.05, 4.69) is 0 Å². The fourth-order valence-corrected chi connectivity index (χ4v) is 2.21. The third-order valence-electron chi connectivity index (χ3n) is 3.59. The Morgan fingerprint density at radius 2 is 0.969 bits per heavy atom. The van der Waals surface area contributed by atoms with Crippen LogP contribution in [0.1, 0.15) is 0 Å². The highest BCUT2D eigenvalue weighted by molar-refractivity contribution is 5.53. The van der Waals surface area contributed by atoms with Gasteiger partial charge in [0.05, 0.1) is 14.8 Å². The zero-order valence-electron chi connectivity index (χ0n) is 15.5. The summed E-state index contributed by atoms with van der Waals surface area (Å²) in [5.74, 6) is -4.16. The molecule has 3 aromatic carbocycles. The largest absolute Gasteiger partial charge is 0.502 e. The van der Waals surface area contributed by atoms with Crippen molar-refractivity contribution in [2.45, 2.75) is 0 Å². The van der Waals surface area contributed by atoms with Crippen LogP contribution in [-0.2, 0) is 0 Å². The van der Waals surface area contributed by atoms with E-state index in [9.17, 15) is 43.5 Å². The number of nitrogens with zero attached hydrogens (tertiary/aromatic N) is 3. The zero-order chi connectivity index (χ0) is 24.0. The summed E-state index contributed by atoms with van der Waals surface area (Å²) in [5.41, 5.74) is -1.70. The van der Waals surface area contributed by atoms with Crippen molar-refractivity contribution in [3.8, 4) is 17.2 Å². The van der Waals surface area contributed by atoms with Crippen molar-refractivity contribution in [3.63, 3.8) is 0 Å². The van der Waals surface area contributed by atoms with Gasteiger partial charge in [0.15, 0.2) is 5.75 Å². The first-order valence-corrected chi connectivity index (χ1v) is 8.18. The highest BCUT2D eigenvalue weighted by Gasteiger charge is 2.22. The van der Waals surface area contributed by atoms with Gasteiger partial charge in [-0.05, 0) is 18.2 Å². The van der Waals surface area contributed by atoms with E-state index in [0.29, 0.717) is 18.2 Å². The normalized spacial score (nSPS) is 9.97. The van der Waals surface area contributed by atoms with Crippen molar-refractivity contribution in [2.24, 2.45) is 0 Å². The Bertz CT molecular complexity index is 1140. The topological polar surface area (TPSA) is 159 Å². The number of hydrogen-bond donors (Lipinski definition) is 1. The number of benzene rings is 3. The second kappa shape index (κ2) is 9.84. The lowest BCUT2D eigenvalue weighted by atomic mass is 10.2. The van der Waals surface area contributed by atoms with Crippen LogP contribution in [0.25, 0.3) is 0 Å². The summed E-state index contributed by atoms with van der Waals surface area (Å²) in [4.78, 5) is 29.2. The predicted molar refractivity (Wildman–Crippen MR) is 101 cm³/mol. The van der Waals surface area contributed by atoms with E-state index < -0.39 is 66.5 Å². The van der Waals surface area contributed by atoms with Gasteiger partial charge in [0.2, 0.25) is 11.5 Å². The highest BCUT2D eigenvalue weighted by atomic mass is 19.1. The number of aromatic hydroxyl groups is 1. The molecule has 0 saturated heterocycles. The second-order valence-electron chi connectivity index (χ2n) is 5.73. The number of halogens is 3. The van der Waals surface area contributed by atoms with E-state index in [1.165, 1.54) is 0 Å². The van der Waals surface area contributed by atoms with Crippen molar-refractivity contribution >= 4 is 17.1 Å². The number of hydrogen-bond acceptors (Lipinski definition) is 8. The summed E-state index contributed by atoms with van der Waals surface area (Å²) in [6.45, 7) is 0. The molecule has 0 amide bonds. The molecule has 0 unspecified atom stereocenters. The molecule has 32 heavy (non-hydrogen) atoms. The molecular weight excluding hydrogens is 443 g/mol. The molecule has 0 aliphatic rings. The standard InChI is InChI=1S/C12H6F2N2O5.C6H4FNO3/c13-7-1-3-9(15(17)18)11(5-7)21-12-6-8(14)2-4-10(12)16(19)20;7-4-1-2-5(8(10)11)6(9)3-4/h1-6H;1-3,9H. The van der Waals surface area contributed by atoms with E-state index >= 15 is 0 Å². The van der Waals surface area contributed by atoms with Crippen molar-refractivity contribution in [1.29, 1.82) is 0 Å². The van der Waals surface area contributed by atoms with Crippen LogP contribution in [0, 0.1) is 47.8 Å². The first-order chi connectivity index (χ1) is 15.0. The number of nitro benzene ring substituents is 3. The van der Waals surface area contributed by atoms with Gasteiger partial charge in [0.25, 0.3) is 0 Å². The van der Waals surface area contributed by atoms with Crippen LogP contribution < -0.4 is 4.74 Å². The van der Waals surface area contributed by atoms with Gasteiger partial charge in [-0.1, -0.05) is 0 Å². The third kappa shape index (κ3) is 5.88. The molecule has 3 rings (SSSR count). The average Bonchev–Trinajstić information content (AvgIpc) is 2.67. The van der Waals surface area contributed by atoms with E-state index in [1.807, 2.05) is 0 Å². The van der Waals surface area contributed by atoms with Crippen molar-refractivity contribution in [1.82, 2.24) is 0 Å². The second-order valence-corrected chi connectivity index (χ2v) is 5.73. The minimum atomic E-state index is -0.847. The minimum absolute atomic E-state index is 0.494. The Morgan fingerprint density at radius 3 is 1.31 bits per heavy atom. The van der Waals surface area contributed by atoms with Crippen LogP contribution in [0.15, 0.2) is 54.6 Å². The Kier molecular flexibility index (Phi) is 7.23. The van der Waals surface area contributed by atoms with Crippen molar-refractivity contribution in [2.75, 3.05) is 0 Å². The van der Waals surface area contributed by atoms with Crippen molar-refractivity contribution in [3.05, 3.63) is 102 Å². The molecule has 0 atom stereocenters. The van der Waals surface area contributed by atoms with Gasteiger partial charge in [-0.2, -0.15) is 0 Å². The molecule has 0 heterocycles. The van der Waals surface area contributed by atoms with Crippen LogP contribution in [0.4, 0.5) is 30.2 Å². The number of ether oxygens (including phenoxy) is 1. The first-order valence-electron chi connectivity index (χ1n) is 8.18. The summed E-state index contributed by atoms with van der Waals surface area (Å²) >= 11 is 0. The van der Waals surface area contributed by atoms with Gasteiger partial charge in [0.1, 0.15) is 17.5 Å². The maximum Gasteiger partial charge on any atom is 0.311 e. The fraction of sp³-hybridized carbons (Fsp3) is 0. The maximum absolute atomic E-state index is 13.1. The SMILES string of the molecule is O=[N+]([O-])c1ccc(F)cc1O.O=[N+]([O-])c1ccc(F)cc1Oc1cc(F)ccc1[N+](=O)[O-]. The quantitative estimate of drug-likeness (QED) is 0.417. The van der Waals surface area contributed by atoms with E-state index in [4.69, 9.17) is 9.84 Å². The lowest BCUT2D eigenvalue weighted by molar-refractivity contribution is -0.387. The number of phenols is 1. The molecule has 0 aromatic heterocycles. The third-order valence-corrected chi connectivity index (χ3v) is 3.59. The van der Waals surface area contributed by atoms with Crippen LogP contribution in [0.5, 0.6) is 17.2 Å². The van der Waals surface area contributed by atoms with Gasteiger partial charge in [-0.3, -0.25) is 30.3 Å². The highest BCUT2D eigenvalue weighted by Crippen LogP contribution is 2.36. The molecule has 0 aliphatic heterocycles. The molecule has 0 bridgehead atoms. The molecule has 166 valence electrons. The first kappa shape index (κ1) is 23.5. The van der Waals surface area contributed by atoms with Crippen LogP contribution >= 0.6 is 0 Å². The number of nitro groups is 3.